The van der Waals surface area contributed by atoms with E-state index in [1.54, 1.807) is 12.1 Å². The van der Waals surface area contributed by atoms with E-state index in [4.69, 9.17) is 0 Å². The molecule has 1 aliphatic heterocycles. The van der Waals surface area contributed by atoms with Gasteiger partial charge in [-0.1, -0.05) is 24.3 Å². The van der Waals surface area contributed by atoms with E-state index in [0.29, 0.717) is 6.54 Å². The van der Waals surface area contributed by atoms with Crippen molar-refractivity contribution in [3.63, 3.8) is 0 Å². The van der Waals surface area contributed by atoms with Gasteiger partial charge in [0.25, 0.3) is 5.91 Å². The van der Waals surface area contributed by atoms with E-state index in [-0.39, 0.29) is 41.9 Å². The van der Waals surface area contributed by atoms with Crippen molar-refractivity contribution in [2.24, 2.45) is 0 Å². The molecular formula is C22H28N4O4S. The van der Waals surface area contributed by atoms with Crippen molar-refractivity contribution in [1.82, 2.24) is 14.9 Å². The number of rotatable bonds is 9. The van der Waals surface area contributed by atoms with E-state index in [0.717, 1.165) is 29.4 Å². The standard InChI is InChI=1S/C22H28N4O4S/c1-25(19-9-3-2-4-10-19)14-6-5-12-24-22(28)18-8-7-11-20(16-18)31(29,30)26-15-13-23-21(27)17-26/h2-4,7-11,16H,5-6,12-15,17H2,1H3,(H,23,27)(H,24,28). The summed E-state index contributed by atoms with van der Waals surface area (Å²) in [7, 11) is -1.80. The van der Waals surface area contributed by atoms with Crippen LogP contribution < -0.4 is 15.5 Å². The minimum Gasteiger partial charge on any atom is -0.375 e. The number of amides is 2. The minimum absolute atomic E-state index is 0.0133. The Hall–Kier alpha value is -2.91. The lowest BCUT2D eigenvalue weighted by molar-refractivity contribution is -0.122. The Bertz CT molecular complexity index is 1010. The zero-order chi connectivity index (χ0) is 22.3. The Labute approximate surface area is 183 Å². The van der Waals surface area contributed by atoms with E-state index in [1.807, 2.05) is 25.2 Å². The molecule has 2 aromatic carbocycles. The summed E-state index contributed by atoms with van der Waals surface area (Å²) in [6.07, 6.45) is 1.72. The first-order valence-corrected chi connectivity index (χ1v) is 11.7. The second-order valence-electron chi connectivity index (χ2n) is 7.44. The van der Waals surface area contributed by atoms with Crippen molar-refractivity contribution in [2.75, 3.05) is 44.7 Å². The second kappa shape index (κ2) is 10.4. The first-order valence-electron chi connectivity index (χ1n) is 10.3. The van der Waals surface area contributed by atoms with Crippen molar-refractivity contribution < 1.29 is 18.0 Å². The number of piperazine rings is 1. The highest BCUT2D eigenvalue weighted by molar-refractivity contribution is 7.89. The lowest BCUT2D eigenvalue weighted by Gasteiger charge is -2.26. The molecule has 8 nitrogen and oxygen atoms in total. The van der Waals surface area contributed by atoms with Crippen molar-refractivity contribution in [1.29, 1.82) is 0 Å². The number of carbonyl (C=O) groups is 2. The van der Waals surface area contributed by atoms with Crippen LogP contribution in [0, 0.1) is 0 Å². The first kappa shape index (κ1) is 22.8. The minimum atomic E-state index is -3.83. The topological polar surface area (TPSA) is 98.8 Å². The van der Waals surface area contributed by atoms with Crippen LogP contribution in [0.3, 0.4) is 0 Å². The van der Waals surface area contributed by atoms with Gasteiger partial charge in [0, 0.05) is 44.5 Å². The molecule has 1 heterocycles. The Balaban J connectivity index is 1.50. The molecule has 1 fully saturated rings. The Morgan fingerprint density at radius 2 is 1.90 bits per heavy atom. The van der Waals surface area contributed by atoms with Gasteiger partial charge in [-0.15, -0.1) is 0 Å². The van der Waals surface area contributed by atoms with Crippen molar-refractivity contribution >= 4 is 27.5 Å². The Morgan fingerprint density at radius 1 is 1.13 bits per heavy atom. The molecule has 0 atom stereocenters. The van der Waals surface area contributed by atoms with Gasteiger partial charge in [-0.2, -0.15) is 4.31 Å². The summed E-state index contributed by atoms with van der Waals surface area (Å²) < 4.78 is 26.7. The molecule has 31 heavy (non-hydrogen) atoms. The van der Waals surface area contributed by atoms with Crippen molar-refractivity contribution in [2.45, 2.75) is 17.7 Å². The molecule has 0 bridgehead atoms. The number of sulfonamides is 1. The molecule has 9 heteroatoms. The van der Waals surface area contributed by atoms with Crippen LogP contribution in [0.25, 0.3) is 0 Å². The maximum atomic E-state index is 12.8. The molecule has 1 saturated heterocycles. The maximum absolute atomic E-state index is 12.8. The van der Waals surface area contributed by atoms with Gasteiger partial charge in [0.05, 0.1) is 11.4 Å². The van der Waals surface area contributed by atoms with Gasteiger partial charge in [-0.3, -0.25) is 9.59 Å². The van der Waals surface area contributed by atoms with Crippen LogP contribution in [0.2, 0.25) is 0 Å². The number of hydrogen-bond acceptors (Lipinski definition) is 5. The van der Waals surface area contributed by atoms with E-state index >= 15 is 0 Å². The zero-order valence-corrected chi connectivity index (χ0v) is 18.4. The van der Waals surface area contributed by atoms with Gasteiger partial charge in [0.1, 0.15) is 0 Å². The van der Waals surface area contributed by atoms with Gasteiger partial charge < -0.3 is 15.5 Å². The summed E-state index contributed by atoms with van der Waals surface area (Å²) in [4.78, 5) is 26.2. The number of para-hydroxylation sites is 1. The highest BCUT2D eigenvalue weighted by Gasteiger charge is 2.29. The molecule has 0 unspecified atom stereocenters. The number of unbranched alkanes of at least 4 members (excludes halogenated alkanes) is 1. The van der Waals surface area contributed by atoms with Gasteiger partial charge in [-0.25, -0.2) is 8.42 Å². The highest BCUT2D eigenvalue weighted by Crippen LogP contribution is 2.18. The van der Waals surface area contributed by atoms with Crippen LogP contribution in [0.4, 0.5) is 5.69 Å². The summed E-state index contributed by atoms with van der Waals surface area (Å²) in [6.45, 7) is 1.65. The average Bonchev–Trinajstić information content (AvgIpc) is 2.79. The molecule has 0 aliphatic carbocycles. The molecule has 3 rings (SSSR count). The third-order valence-electron chi connectivity index (χ3n) is 5.14. The lowest BCUT2D eigenvalue weighted by atomic mass is 10.2. The fourth-order valence-electron chi connectivity index (χ4n) is 3.36. The summed E-state index contributed by atoms with van der Waals surface area (Å²) in [5.74, 6) is -0.647. The highest BCUT2D eigenvalue weighted by atomic mass is 32.2. The van der Waals surface area contributed by atoms with Crippen LogP contribution >= 0.6 is 0 Å². The summed E-state index contributed by atoms with van der Waals surface area (Å²) in [5, 5.41) is 5.45. The summed E-state index contributed by atoms with van der Waals surface area (Å²) >= 11 is 0. The molecule has 0 saturated carbocycles. The number of nitrogens with zero attached hydrogens (tertiary/aromatic N) is 2. The maximum Gasteiger partial charge on any atom is 0.251 e. The SMILES string of the molecule is CN(CCCCNC(=O)c1cccc(S(=O)(=O)N2CCNC(=O)C2)c1)c1ccccc1. The van der Waals surface area contributed by atoms with Crippen LogP contribution in [0.5, 0.6) is 0 Å². The number of carbonyl (C=O) groups excluding carboxylic acids is 2. The predicted octanol–water partition coefficient (Wildman–Crippen LogP) is 1.45. The summed E-state index contributed by atoms with van der Waals surface area (Å²) in [6, 6.07) is 16.0. The smallest absolute Gasteiger partial charge is 0.251 e. The van der Waals surface area contributed by atoms with E-state index < -0.39 is 10.0 Å². The first-order chi connectivity index (χ1) is 14.9. The van der Waals surface area contributed by atoms with Gasteiger partial charge in [0.15, 0.2) is 0 Å². The van der Waals surface area contributed by atoms with Gasteiger partial charge in [-0.05, 0) is 43.2 Å². The third kappa shape index (κ3) is 6.05. The Morgan fingerprint density at radius 3 is 2.65 bits per heavy atom. The molecule has 2 amide bonds. The van der Waals surface area contributed by atoms with Crippen molar-refractivity contribution in [3.8, 4) is 0 Å². The molecule has 1 aliphatic rings. The van der Waals surface area contributed by atoms with Crippen LogP contribution in [-0.2, 0) is 14.8 Å². The fraction of sp³-hybridized carbons (Fsp3) is 0.364. The number of nitrogens with one attached hydrogen (secondary N) is 2. The number of anilines is 1. The van der Waals surface area contributed by atoms with Crippen molar-refractivity contribution in [3.05, 3.63) is 60.2 Å². The second-order valence-corrected chi connectivity index (χ2v) is 9.37. The van der Waals surface area contributed by atoms with E-state index in [2.05, 4.69) is 27.7 Å². The van der Waals surface area contributed by atoms with Crippen LogP contribution in [0.1, 0.15) is 23.2 Å². The quantitative estimate of drug-likeness (QED) is 0.571. The molecule has 2 aromatic rings. The molecule has 0 spiro atoms. The molecule has 0 aromatic heterocycles. The summed E-state index contributed by atoms with van der Waals surface area (Å²) in [5.41, 5.74) is 1.43. The van der Waals surface area contributed by atoms with E-state index in [1.165, 1.54) is 12.1 Å². The fourth-order valence-corrected chi connectivity index (χ4v) is 4.80. The molecular weight excluding hydrogens is 416 g/mol. The Kier molecular flexibility index (Phi) is 7.64. The third-order valence-corrected chi connectivity index (χ3v) is 6.98. The van der Waals surface area contributed by atoms with Gasteiger partial charge >= 0.3 is 0 Å². The van der Waals surface area contributed by atoms with Crippen LogP contribution in [0.15, 0.2) is 59.5 Å². The largest absolute Gasteiger partial charge is 0.375 e. The normalized spacial score (nSPS) is 14.7. The lowest BCUT2D eigenvalue weighted by Crippen LogP contribution is -2.49. The average molecular weight is 445 g/mol. The van der Waals surface area contributed by atoms with E-state index in [9.17, 15) is 18.0 Å². The molecule has 0 radical (unpaired) electrons. The van der Waals surface area contributed by atoms with Gasteiger partial charge in [0.2, 0.25) is 15.9 Å². The predicted molar refractivity (Wildman–Crippen MR) is 119 cm³/mol. The molecule has 2 N–H and O–H groups in total. The number of hydrogen-bond donors (Lipinski definition) is 2. The van der Waals surface area contributed by atoms with Crippen LogP contribution in [-0.4, -0.2) is 64.3 Å². The monoisotopic (exact) mass is 444 g/mol. The molecule has 166 valence electrons. The zero-order valence-electron chi connectivity index (χ0n) is 17.6. The number of benzene rings is 2.